The molecule has 5 nitrogen and oxygen atoms in total. The van der Waals surface area contributed by atoms with E-state index in [1.807, 2.05) is 0 Å². The van der Waals surface area contributed by atoms with Gasteiger partial charge in [-0.15, -0.1) is 0 Å². The quantitative estimate of drug-likeness (QED) is 0.303. The summed E-state index contributed by atoms with van der Waals surface area (Å²) >= 11 is 0. The van der Waals surface area contributed by atoms with Crippen LogP contribution in [0.3, 0.4) is 0 Å². The molecule has 1 unspecified atom stereocenters. The third-order valence-electron chi connectivity index (χ3n) is 5.74. The average molecular weight is 355 g/mol. The normalized spacial score (nSPS) is 19.9. The second-order valence-electron chi connectivity index (χ2n) is 7.70. The molecule has 0 spiro atoms. The highest BCUT2D eigenvalue weighted by Gasteiger charge is 2.25. The molecule has 1 heterocycles. The molecule has 3 N–H and O–H groups in total. The SMILES string of the molecule is CCNC(=NCC(CC)(CC)CCO)NCCCN1CCCC(C)C1. The fourth-order valence-electron chi connectivity index (χ4n) is 3.73. The van der Waals surface area contributed by atoms with Gasteiger partial charge in [-0.25, -0.2) is 0 Å². The van der Waals surface area contributed by atoms with E-state index in [2.05, 4.69) is 43.2 Å². The molecule has 5 heteroatoms. The first-order chi connectivity index (χ1) is 12.1. The number of aliphatic imine (C=N–C) groups is 1. The standard InChI is InChI=1S/C20H42N4O/c1-5-20(6-2,11-15-25)17-23-19(21-7-3)22-12-9-14-24-13-8-10-18(4)16-24/h18,25H,5-17H2,1-4H3,(H2,21,22,23). The molecule has 1 fully saturated rings. The van der Waals surface area contributed by atoms with Gasteiger partial charge in [0.05, 0.1) is 0 Å². The molecule has 1 aliphatic heterocycles. The molecule has 1 aliphatic rings. The number of rotatable bonds is 11. The second-order valence-corrected chi connectivity index (χ2v) is 7.70. The molecule has 0 bridgehead atoms. The van der Waals surface area contributed by atoms with Crippen LogP contribution in [-0.2, 0) is 0 Å². The van der Waals surface area contributed by atoms with Gasteiger partial charge in [0, 0.05) is 32.8 Å². The van der Waals surface area contributed by atoms with Gasteiger partial charge in [-0.1, -0.05) is 20.8 Å². The van der Waals surface area contributed by atoms with Gasteiger partial charge in [-0.05, 0) is 69.9 Å². The number of guanidine groups is 1. The molecule has 1 atom stereocenters. The maximum absolute atomic E-state index is 9.36. The predicted molar refractivity (Wildman–Crippen MR) is 108 cm³/mol. The van der Waals surface area contributed by atoms with Gasteiger partial charge in [0.2, 0.25) is 0 Å². The van der Waals surface area contributed by atoms with Crippen molar-refractivity contribution < 1.29 is 5.11 Å². The summed E-state index contributed by atoms with van der Waals surface area (Å²) in [6.45, 7) is 15.4. The summed E-state index contributed by atoms with van der Waals surface area (Å²) in [5.41, 5.74) is 0.126. The van der Waals surface area contributed by atoms with Crippen molar-refractivity contribution >= 4 is 5.96 Å². The molecule has 0 radical (unpaired) electrons. The molecule has 148 valence electrons. The molecule has 0 aromatic rings. The van der Waals surface area contributed by atoms with Crippen molar-refractivity contribution in [3.8, 4) is 0 Å². The van der Waals surface area contributed by atoms with Crippen LogP contribution in [0.2, 0.25) is 0 Å². The Bertz CT molecular complexity index is 369. The van der Waals surface area contributed by atoms with Crippen molar-refractivity contribution in [1.82, 2.24) is 15.5 Å². The summed E-state index contributed by atoms with van der Waals surface area (Å²) in [5.74, 6) is 1.77. The highest BCUT2D eigenvalue weighted by atomic mass is 16.3. The largest absolute Gasteiger partial charge is 0.396 e. The van der Waals surface area contributed by atoms with Crippen LogP contribution in [0.15, 0.2) is 4.99 Å². The van der Waals surface area contributed by atoms with Crippen LogP contribution in [-0.4, -0.2) is 61.8 Å². The van der Waals surface area contributed by atoms with Crippen molar-refractivity contribution in [2.75, 3.05) is 45.9 Å². The summed E-state index contributed by atoms with van der Waals surface area (Å²) in [6.07, 6.45) is 6.83. The minimum Gasteiger partial charge on any atom is -0.396 e. The number of nitrogens with one attached hydrogen (secondary N) is 2. The highest BCUT2D eigenvalue weighted by Crippen LogP contribution is 2.30. The summed E-state index contributed by atoms with van der Waals surface area (Å²) < 4.78 is 0. The van der Waals surface area contributed by atoms with E-state index in [4.69, 9.17) is 4.99 Å². The van der Waals surface area contributed by atoms with Gasteiger partial charge in [0.15, 0.2) is 5.96 Å². The Morgan fingerprint density at radius 1 is 1.24 bits per heavy atom. The van der Waals surface area contributed by atoms with Crippen LogP contribution < -0.4 is 10.6 Å². The minimum absolute atomic E-state index is 0.126. The number of aliphatic hydroxyl groups is 1. The Kier molecular flexibility index (Phi) is 11.1. The molecule has 25 heavy (non-hydrogen) atoms. The lowest BCUT2D eigenvalue weighted by Crippen LogP contribution is -2.41. The first-order valence-corrected chi connectivity index (χ1v) is 10.4. The first kappa shape index (κ1) is 22.2. The summed E-state index contributed by atoms with van der Waals surface area (Å²) in [6, 6.07) is 0. The maximum atomic E-state index is 9.36. The molecule has 0 aromatic carbocycles. The number of hydrogen-bond donors (Lipinski definition) is 3. The second kappa shape index (κ2) is 12.5. The Morgan fingerprint density at radius 3 is 2.60 bits per heavy atom. The van der Waals surface area contributed by atoms with Crippen molar-refractivity contribution in [3.63, 3.8) is 0 Å². The maximum Gasteiger partial charge on any atom is 0.191 e. The van der Waals surface area contributed by atoms with Gasteiger partial charge in [0.25, 0.3) is 0 Å². The van der Waals surface area contributed by atoms with E-state index in [1.165, 1.54) is 32.5 Å². The minimum atomic E-state index is 0.126. The molecule has 1 rings (SSSR count). The van der Waals surface area contributed by atoms with Crippen molar-refractivity contribution in [1.29, 1.82) is 0 Å². The Morgan fingerprint density at radius 2 is 2.00 bits per heavy atom. The summed E-state index contributed by atoms with van der Waals surface area (Å²) in [7, 11) is 0. The molecule has 0 aromatic heterocycles. The topological polar surface area (TPSA) is 59.9 Å². The number of aliphatic hydroxyl groups excluding tert-OH is 1. The van der Waals surface area contributed by atoms with E-state index in [0.717, 1.165) is 57.2 Å². The number of piperidine rings is 1. The molecule has 1 saturated heterocycles. The molecule has 0 aliphatic carbocycles. The van der Waals surface area contributed by atoms with E-state index in [-0.39, 0.29) is 12.0 Å². The predicted octanol–water partition coefficient (Wildman–Crippen LogP) is 2.85. The van der Waals surface area contributed by atoms with Gasteiger partial charge >= 0.3 is 0 Å². The van der Waals surface area contributed by atoms with Crippen LogP contribution in [0.4, 0.5) is 0 Å². The van der Waals surface area contributed by atoms with Crippen LogP contribution in [0.5, 0.6) is 0 Å². The van der Waals surface area contributed by atoms with Gasteiger partial charge in [0.1, 0.15) is 0 Å². The van der Waals surface area contributed by atoms with Crippen LogP contribution in [0.1, 0.15) is 66.2 Å². The van der Waals surface area contributed by atoms with E-state index in [1.54, 1.807) is 0 Å². The van der Waals surface area contributed by atoms with Crippen LogP contribution in [0.25, 0.3) is 0 Å². The zero-order valence-corrected chi connectivity index (χ0v) is 17.1. The van der Waals surface area contributed by atoms with Crippen molar-refractivity contribution in [3.05, 3.63) is 0 Å². The van der Waals surface area contributed by atoms with Crippen LogP contribution in [0, 0.1) is 11.3 Å². The average Bonchev–Trinajstić information content (AvgIpc) is 2.62. The van der Waals surface area contributed by atoms with Crippen molar-refractivity contribution in [2.45, 2.75) is 66.2 Å². The first-order valence-electron chi connectivity index (χ1n) is 10.4. The molecule has 0 saturated carbocycles. The zero-order chi connectivity index (χ0) is 18.5. The Labute approximate surface area is 155 Å². The number of nitrogens with zero attached hydrogens (tertiary/aromatic N) is 2. The monoisotopic (exact) mass is 354 g/mol. The number of hydrogen-bond acceptors (Lipinski definition) is 3. The van der Waals surface area contributed by atoms with E-state index in [0.29, 0.717) is 0 Å². The fraction of sp³-hybridized carbons (Fsp3) is 0.950. The van der Waals surface area contributed by atoms with E-state index >= 15 is 0 Å². The van der Waals surface area contributed by atoms with Crippen molar-refractivity contribution in [2.24, 2.45) is 16.3 Å². The third kappa shape index (κ3) is 8.41. The Hall–Kier alpha value is -0.810. The van der Waals surface area contributed by atoms with E-state index < -0.39 is 0 Å². The zero-order valence-electron chi connectivity index (χ0n) is 17.1. The van der Waals surface area contributed by atoms with Gasteiger partial charge in [-0.2, -0.15) is 0 Å². The summed E-state index contributed by atoms with van der Waals surface area (Å²) in [4.78, 5) is 7.41. The van der Waals surface area contributed by atoms with Gasteiger partial charge < -0.3 is 20.6 Å². The lowest BCUT2D eigenvalue weighted by atomic mass is 9.79. The molecule has 0 amide bonds. The fourth-order valence-corrected chi connectivity index (χ4v) is 3.73. The van der Waals surface area contributed by atoms with Crippen LogP contribution >= 0.6 is 0 Å². The lowest BCUT2D eigenvalue weighted by molar-refractivity contribution is 0.175. The molecular formula is C20H42N4O. The summed E-state index contributed by atoms with van der Waals surface area (Å²) in [5, 5.41) is 16.2. The molecular weight excluding hydrogens is 312 g/mol. The van der Waals surface area contributed by atoms with E-state index in [9.17, 15) is 5.11 Å². The Balaban J connectivity index is 2.41. The number of likely N-dealkylation sites (tertiary alicyclic amines) is 1. The lowest BCUT2D eigenvalue weighted by Gasteiger charge is -2.31. The third-order valence-corrected chi connectivity index (χ3v) is 5.74. The smallest absolute Gasteiger partial charge is 0.191 e. The van der Waals surface area contributed by atoms with Gasteiger partial charge in [-0.3, -0.25) is 4.99 Å². The highest BCUT2D eigenvalue weighted by molar-refractivity contribution is 5.79.